The smallest absolute Gasteiger partial charge is 0.123 e. The van der Waals surface area contributed by atoms with Crippen LogP contribution in [0.2, 0.25) is 0 Å². The van der Waals surface area contributed by atoms with E-state index in [1.165, 1.54) is 63.4 Å². The molecule has 0 spiro atoms. The molecular formula is C22H32F2. The van der Waals surface area contributed by atoms with Crippen LogP contribution < -0.4 is 0 Å². The predicted octanol–water partition coefficient (Wildman–Crippen LogP) is 7.39. The molecule has 1 aromatic carbocycles. The zero-order valence-electron chi connectivity index (χ0n) is 14.9. The Balaban J connectivity index is 1.51. The van der Waals surface area contributed by atoms with Gasteiger partial charge in [-0.1, -0.05) is 69.6 Å². The number of benzene rings is 1. The van der Waals surface area contributed by atoms with Gasteiger partial charge < -0.3 is 0 Å². The number of rotatable bonds is 10. The van der Waals surface area contributed by atoms with E-state index in [2.05, 4.69) is 0 Å². The Hall–Kier alpha value is -1.18. The van der Waals surface area contributed by atoms with Gasteiger partial charge in [0.25, 0.3) is 0 Å². The molecular weight excluding hydrogens is 302 g/mol. The van der Waals surface area contributed by atoms with Gasteiger partial charge in [0.05, 0.1) is 6.33 Å². The maximum atomic E-state index is 12.9. The lowest BCUT2D eigenvalue weighted by Crippen LogP contribution is -2.15. The van der Waals surface area contributed by atoms with Crippen LogP contribution >= 0.6 is 0 Å². The molecule has 0 amide bonds. The van der Waals surface area contributed by atoms with Gasteiger partial charge in [-0.05, 0) is 55.2 Å². The molecule has 0 unspecified atom stereocenters. The van der Waals surface area contributed by atoms with E-state index >= 15 is 0 Å². The first kappa shape index (κ1) is 19.1. The largest absolute Gasteiger partial charge is 0.216 e. The van der Waals surface area contributed by atoms with E-state index < -0.39 is 0 Å². The van der Waals surface area contributed by atoms with E-state index in [1.807, 2.05) is 12.1 Å². The van der Waals surface area contributed by atoms with Crippen molar-refractivity contribution in [3.8, 4) is 0 Å². The Morgan fingerprint density at radius 2 is 1.46 bits per heavy atom. The van der Waals surface area contributed by atoms with Crippen molar-refractivity contribution in [1.29, 1.82) is 0 Å². The van der Waals surface area contributed by atoms with E-state index in [-0.39, 0.29) is 5.82 Å². The summed E-state index contributed by atoms with van der Waals surface area (Å²) in [6, 6.07) is 6.98. The molecule has 1 aliphatic rings. The Kier molecular flexibility index (Phi) is 9.09. The molecule has 1 aromatic rings. The van der Waals surface area contributed by atoms with Crippen molar-refractivity contribution in [1.82, 2.24) is 0 Å². The molecule has 0 N–H and O–H groups in total. The number of halogens is 2. The van der Waals surface area contributed by atoms with Crippen molar-refractivity contribution >= 4 is 0 Å². The maximum Gasteiger partial charge on any atom is 0.123 e. The molecule has 0 radical (unpaired) electrons. The van der Waals surface area contributed by atoms with Gasteiger partial charge in [0.2, 0.25) is 0 Å². The quantitative estimate of drug-likeness (QED) is 0.391. The van der Waals surface area contributed by atoms with Gasteiger partial charge in [-0.2, -0.15) is 0 Å². The van der Waals surface area contributed by atoms with Crippen LogP contribution in [0.5, 0.6) is 0 Å². The third-order valence-corrected chi connectivity index (χ3v) is 5.54. The number of hydrogen-bond donors (Lipinski definition) is 0. The van der Waals surface area contributed by atoms with Crippen molar-refractivity contribution in [2.24, 2.45) is 11.8 Å². The molecule has 2 rings (SSSR count). The molecule has 0 bridgehead atoms. The molecule has 134 valence electrons. The Morgan fingerprint density at radius 3 is 2.12 bits per heavy atom. The van der Waals surface area contributed by atoms with Crippen molar-refractivity contribution in [3.63, 3.8) is 0 Å². The van der Waals surface area contributed by atoms with Crippen molar-refractivity contribution in [2.45, 2.75) is 77.0 Å². The van der Waals surface area contributed by atoms with E-state index in [9.17, 15) is 8.78 Å². The molecule has 1 saturated carbocycles. The minimum atomic E-state index is -0.141. The van der Waals surface area contributed by atoms with Gasteiger partial charge in [0.1, 0.15) is 5.82 Å². The fourth-order valence-corrected chi connectivity index (χ4v) is 3.94. The summed E-state index contributed by atoms with van der Waals surface area (Å²) in [7, 11) is 0. The fourth-order valence-electron chi connectivity index (χ4n) is 3.94. The zero-order chi connectivity index (χ0) is 17.0. The summed E-state index contributed by atoms with van der Waals surface area (Å²) in [5, 5.41) is 0. The predicted molar refractivity (Wildman–Crippen MR) is 98.1 cm³/mol. The van der Waals surface area contributed by atoms with Crippen molar-refractivity contribution < 1.29 is 8.78 Å². The van der Waals surface area contributed by atoms with Crippen LogP contribution in [0.3, 0.4) is 0 Å². The number of aryl methyl sites for hydroxylation is 1. The summed E-state index contributed by atoms with van der Waals surface area (Å²) >= 11 is 0. The Labute approximate surface area is 146 Å². The van der Waals surface area contributed by atoms with Crippen LogP contribution in [-0.2, 0) is 6.42 Å². The molecule has 1 fully saturated rings. The van der Waals surface area contributed by atoms with E-state index in [1.54, 1.807) is 18.2 Å². The highest BCUT2D eigenvalue weighted by molar-refractivity contribution is 5.16. The molecule has 0 saturated heterocycles. The summed E-state index contributed by atoms with van der Waals surface area (Å²) < 4.78 is 24.7. The normalized spacial score (nSPS) is 21.4. The Bertz CT molecular complexity index is 455. The van der Waals surface area contributed by atoms with Crippen LogP contribution in [0.1, 0.15) is 76.2 Å². The lowest BCUT2D eigenvalue weighted by molar-refractivity contribution is 0.249. The molecule has 1 aliphatic carbocycles. The van der Waals surface area contributed by atoms with E-state index in [0.29, 0.717) is 6.33 Å². The van der Waals surface area contributed by atoms with Crippen LogP contribution in [0.4, 0.5) is 8.78 Å². The van der Waals surface area contributed by atoms with Crippen LogP contribution in [0.15, 0.2) is 36.7 Å². The van der Waals surface area contributed by atoms with Gasteiger partial charge in [0.15, 0.2) is 0 Å². The second kappa shape index (κ2) is 11.4. The summed E-state index contributed by atoms with van der Waals surface area (Å²) in [6.07, 6.45) is 17.4. The van der Waals surface area contributed by atoms with Crippen molar-refractivity contribution in [3.05, 3.63) is 48.1 Å². The second-order valence-electron chi connectivity index (χ2n) is 7.41. The highest BCUT2D eigenvalue weighted by Gasteiger charge is 2.20. The fraction of sp³-hybridized carbons (Fsp3) is 0.636. The third-order valence-electron chi connectivity index (χ3n) is 5.54. The van der Waals surface area contributed by atoms with Crippen LogP contribution in [0, 0.1) is 17.7 Å². The van der Waals surface area contributed by atoms with Crippen LogP contribution in [-0.4, -0.2) is 0 Å². The minimum Gasteiger partial charge on any atom is -0.216 e. The monoisotopic (exact) mass is 334 g/mol. The third kappa shape index (κ3) is 7.59. The lowest BCUT2D eigenvalue weighted by Gasteiger charge is -2.28. The highest BCUT2D eigenvalue weighted by Crippen LogP contribution is 2.34. The summed E-state index contributed by atoms with van der Waals surface area (Å²) in [4.78, 5) is 0. The van der Waals surface area contributed by atoms with Gasteiger partial charge in [0, 0.05) is 0 Å². The van der Waals surface area contributed by atoms with E-state index in [4.69, 9.17) is 0 Å². The summed E-state index contributed by atoms with van der Waals surface area (Å²) in [5.74, 6) is 1.65. The number of unbranched alkanes of at least 4 members (excludes halogenated alkanes) is 4. The molecule has 0 heterocycles. The summed E-state index contributed by atoms with van der Waals surface area (Å²) in [6.45, 7) is 0. The summed E-state index contributed by atoms with van der Waals surface area (Å²) in [5.41, 5.74) is 1.26. The van der Waals surface area contributed by atoms with Crippen molar-refractivity contribution in [2.75, 3.05) is 0 Å². The zero-order valence-corrected chi connectivity index (χ0v) is 14.9. The minimum absolute atomic E-state index is 0.141. The average Bonchev–Trinajstić information content (AvgIpc) is 2.61. The van der Waals surface area contributed by atoms with Gasteiger partial charge in [-0.25, -0.2) is 8.78 Å². The highest BCUT2D eigenvalue weighted by atomic mass is 19.1. The van der Waals surface area contributed by atoms with E-state index in [0.717, 1.165) is 31.1 Å². The first-order valence-electron chi connectivity index (χ1n) is 9.77. The first-order chi connectivity index (χ1) is 11.8. The number of hydrogen-bond acceptors (Lipinski definition) is 0. The van der Waals surface area contributed by atoms with Gasteiger partial charge in [-0.15, -0.1) is 0 Å². The SMILES string of the molecule is F/C=C/CCCCCC[C@H]1CC[C@H](CCc2ccc(F)cc2)CC1. The maximum absolute atomic E-state index is 12.9. The number of allylic oxidation sites excluding steroid dienone is 1. The molecule has 0 aliphatic heterocycles. The Morgan fingerprint density at radius 1 is 0.833 bits per heavy atom. The van der Waals surface area contributed by atoms with Crippen LogP contribution in [0.25, 0.3) is 0 Å². The molecule has 24 heavy (non-hydrogen) atoms. The topological polar surface area (TPSA) is 0 Å². The molecule has 0 aromatic heterocycles. The van der Waals surface area contributed by atoms with Gasteiger partial charge >= 0.3 is 0 Å². The van der Waals surface area contributed by atoms with Gasteiger partial charge in [-0.3, -0.25) is 0 Å². The lowest BCUT2D eigenvalue weighted by atomic mass is 9.78. The standard InChI is InChI=1S/C22H32F2/c23-18-6-4-2-1-3-5-7-19-8-10-20(11-9-19)12-13-21-14-16-22(24)17-15-21/h6,14-20H,1-5,7-13H2/b18-6+/t19-,20-. The first-order valence-corrected chi connectivity index (χ1v) is 9.77. The average molecular weight is 334 g/mol. The molecule has 2 heteroatoms. The second-order valence-corrected chi connectivity index (χ2v) is 7.41. The molecule has 0 atom stereocenters. The molecule has 0 nitrogen and oxygen atoms in total.